The van der Waals surface area contributed by atoms with Gasteiger partial charge >= 0.3 is 0 Å². The number of carbonyl (C=O) groups excluding carboxylic acids is 1. The standard InChI is InChI=1S/C18H27N3O3/c1-20-9-8-19-16(20)15-14(5-11-23-15)17(22)21-10-12-24-18(13-21)6-3-2-4-7-18/h8-9,14-15H,2-7,10-13H2,1H3/t14-,15-/m1/s1. The Morgan fingerprint density at radius 3 is 2.88 bits per heavy atom. The summed E-state index contributed by atoms with van der Waals surface area (Å²) >= 11 is 0. The molecule has 24 heavy (non-hydrogen) atoms. The molecular weight excluding hydrogens is 306 g/mol. The van der Waals surface area contributed by atoms with Crippen LogP contribution in [0.25, 0.3) is 0 Å². The van der Waals surface area contributed by atoms with Gasteiger partial charge in [0.1, 0.15) is 11.9 Å². The zero-order chi connectivity index (χ0) is 16.6. The van der Waals surface area contributed by atoms with E-state index < -0.39 is 0 Å². The molecule has 2 atom stereocenters. The maximum Gasteiger partial charge on any atom is 0.229 e. The molecule has 4 rings (SSSR count). The summed E-state index contributed by atoms with van der Waals surface area (Å²) in [6.45, 7) is 2.73. The summed E-state index contributed by atoms with van der Waals surface area (Å²) in [7, 11) is 1.96. The number of ether oxygens (including phenoxy) is 2. The van der Waals surface area contributed by atoms with Crippen LogP contribution in [0.3, 0.4) is 0 Å². The van der Waals surface area contributed by atoms with Crippen molar-refractivity contribution in [3.05, 3.63) is 18.2 Å². The number of aryl methyl sites for hydroxylation is 1. The van der Waals surface area contributed by atoms with Gasteiger partial charge in [0.2, 0.25) is 5.91 Å². The van der Waals surface area contributed by atoms with E-state index >= 15 is 0 Å². The number of imidazole rings is 1. The number of aromatic nitrogens is 2. The Bertz CT molecular complexity index is 589. The zero-order valence-corrected chi connectivity index (χ0v) is 14.4. The molecule has 1 aromatic heterocycles. The number of amides is 1. The zero-order valence-electron chi connectivity index (χ0n) is 14.4. The van der Waals surface area contributed by atoms with E-state index in [1.54, 1.807) is 6.20 Å². The lowest BCUT2D eigenvalue weighted by molar-refractivity contribution is -0.161. The molecule has 0 unspecified atom stereocenters. The van der Waals surface area contributed by atoms with Crippen molar-refractivity contribution in [2.24, 2.45) is 13.0 Å². The summed E-state index contributed by atoms with van der Waals surface area (Å²) in [4.78, 5) is 19.6. The highest BCUT2D eigenvalue weighted by molar-refractivity contribution is 5.80. The summed E-state index contributed by atoms with van der Waals surface area (Å²) in [5.41, 5.74) is -0.0929. The largest absolute Gasteiger partial charge is 0.371 e. The maximum atomic E-state index is 13.2. The van der Waals surface area contributed by atoms with Crippen LogP contribution in [0.15, 0.2) is 12.4 Å². The van der Waals surface area contributed by atoms with Gasteiger partial charge in [-0.25, -0.2) is 4.98 Å². The van der Waals surface area contributed by atoms with Gasteiger partial charge in [0.25, 0.3) is 0 Å². The summed E-state index contributed by atoms with van der Waals surface area (Å²) in [6.07, 6.45) is 10.1. The Hall–Kier alpha value is -1.40. The monoisotopic (exact) mass is 333 g/mol. The minimum atomic E-state index is -0.220. The second-order valence-electron chi connectivity index (χ2n) is 7.43. The molecule has 2 aliphatic heterocycles. The summed E-state index contributed by atoms with van der Waals surface area (Å²) < 4.78 is 14.0. The summed E-state index contributed by atoms with van der Waals surface area (Å²) in [6, 6.07) is 0. The third-order valence-corrected chi connectivity index (χ3v) is 5.85. The molecule has 3 fully saturated rings. The number of rotatable bonds is 2. The number of hydrogen-bond acceptors (Lipinski definition) is 4. The van der Waals surface area contributed by atoms with Crippen molar-refractivity contribution >= 4 is 5.91 Å². The highest BCUT2D eigenvalue weighted by Gasteiger charge is 2.44. The topological polar surface area (TPSA) is 56.6 Å². The van der Waals surface area contributed by atoms with Crippen molar-refractivity contribution in [2.75, 3.05) is 26.3 Å². The summed E-state index contributed by atoms with van der Waals surface area (Å²) in [5.74, 6) is 0.949. The first-order valence-corrected chi connectivity index (χ1v) is 9.20. The summed E-state index contributed by atoms with van der Waals surface area (Å²) in [5, 5.41) is 0. The van der Waals surface area contributed by atoms with Crippen molar-refractivity contribution in [1.29, 1.82) is 0 Å². The van der Waals surface area contributed by atoms with Crippen molar-refractivity contribution in [2.45, 2.75) is 50.2 Å². The SMILES string of the molecule is Cn1ccnc1[C@@H]1OCC[C@H]1C(=O)N1CCOC2(CCCCC2)C1. The molecule has 3 aliphatic rings. The van der Waals surface area contributed by atoms with Crippen LogP contribution in [-0.4, -0.2) is 52.3 Å². The van der Waals surface area contributed by atoms with Crippen LogP contribution in [0.4, 0.5) is 0 Å². The Balaban J connectivity index is 1.49. The Kier molecular flexibility index (Phi) is 4.35. The van der Waals surface area contributed by atoms with Gasteiger partial charge in [-0.2, -0.15) is 0 Å². The molecule has 0 radical (unpaired) electrons. The molecule has 1 amide bonds. The van der Waals surface area contributed by atoms with Gasteiger partial charge in [-0.05, 0) is 19.3 Å². The smallest absolute Gasteiger partial charge is 0.229 e. The van der Waals surface area contributed by atoms with E-state index in [2.05, 4.69) is 4.98 Å². The van der Waals surface area contributed by atoms with E-state index in [1.165, 1.54) is 19.3 Å². The molecule has 6 nitrogen and oxygen atoms in total. The molecule has 132 valence electrons. The molecule has 0 N–H and O–H groups in total. The quantitative estimate of drug-likeness (QED) is 0.831. The van der Waals surface area contributed by atoms with E-state index in [9.17, 15) is 4.79 Å². The molecule has 1 saturated carbocycles. The van der Waals surface area contributed by atoms with E-state index in [1.807, 2.05) is 22.7 Å². The molecule has 2 saturated heterocycles. The minimum absolute atomic E-state index is 0.0929. The highest BCUT2D eigenvalue weighted by Crippen LogP contribution is 2.38. The van der Waals surface area contributed by atoms with Crippen LogP contribution in [0.1, 0.15) is 50.5 Å². The number of carbonyl (C=O) groups is 1. The Morgan fingerprint density at radius 2 is 2.12 bits per heavy atom. The predicted molar refractivity (Wildman–Crippen MR) is 88.4 cm³/mol. The van der Waals surface area contributed by atoms with Crippen molar-refractivity contribution in [3.63, 3.8) is 0 Å². The number of hydrogen-bond donors (Lipinski definition) is 0. The van der Waals surface area contributed by atoms with Gasteiger partial charge in [0, 0.05) is 39.1 Å². The van der Waals surface area contributed by atoms with Crippen LogP contribution in [0, 0.1) is 5.92 Å². The van der Waals surface area contributed by atoms with Gasteiger partial charge in [-0.1, -0.05) is 19.3 Å². The Morgan fingerprint density at radius 1 is 1.29 bits per heavy atom. The van der Waals surface area contributed by atoms with Gasteiger partial charge < -0.3 is 18.9 Å². The molecule has 0 aromatic carbocycles. The first kappa shape index (κ1) is 16.1. The number of morpholine rings is 1. The molecule has 0 bridgehead atoms. The number of nitrogens with zero attached hydrogens (tertiary/aromatic N) is 3. The predicted octanol–water partition coefficient (Wildman–Crippen LogP) is 2.06. The minimum Gasteiger partial charge on any atom is -0.371 e. The average molecular weight is 333 g/mol. The van der Waals surface area contributed by atoms with E-state index in [0.29, 0.717) is 19.8 Å². The lowest BCUT2D eigenvalue weighted by Crippen LogP contribution is -2.55. The van der Waals surface area contributed by atoms with E-state index in [-0.39, 0.29) is 23.5 Å². The fourth-order valence-corrected chi connectivity index (χ4v) is 4.51. The fraction of sp³-hybridized carbons (Fsp3) is 0.778. The second kappa shape index (κ2) is 6.48. The maximum absolute atomic E-state index is 13.2. The average Bonchev–Trinajstić information content (AvgIpc) is 3.23. The first-order chi connectivity index (χ1) is 11.7. The van der Waals surface area contributed by atoms with Crippen LogP contribution < -0.4 is 0 Å². The van der Waals surface area contributed by atoms with Gasteiger partial charge in [-0.3, -0.25) is 4.79 Å². The van der Waals surface area contributed by atoms with Crippen LogP contribution in [0.5, 0.6) is 0 Å². The fourth-order valence-electron chi connectivity index (χ4n) is 4.51. The van der Waals surface area contributed by atoms with Crippen molar-refractivity contribution < 1.29 is 14.3 Å². The molecule has 3 heterocycles. The third kappa shape index (κ3) is 2.86. The molecule has 1 aromatic rings. The van der Waals surface area contributed by atoms with Crippen LogP contribution >= 0.6 is 0 Å². The Labute approximate surface area is 143 Å². The van der Waals surface area contributed by atoms with Gasteiger partial charge in [0.05, 0.1) is 18.1 Å². The van der Waals surface area contributed by atoms with E-state index in [0.717, 1.165) is 31.6 Å². The molecular formula is C18H27N3O3. The van der Waals surface area contributed by atoms with Gasteiger partial charge in [0.15, 0.2) is 0 Å². The van der Waals surface area contributed by atoms with Gasteiger partial charge in [-0.15, -0.1) is 0 Å². The first-order valence-electron chi connectivity index (χ1n) is 9.20. The van der Waals surface area contributed by atoms with E-state index in [4.69, 9.17) is 9.47 Å². The lowest BCUT2D eigenvalue weighted by atomic mass is 9.83. The second-order valence-corrected chi connectivity index (χ2v) is 7.43. The van der Waals surface area contributed by atoms with Crippen molar-refractivity contribution in [3.8, 4) is 0 Å². The lowest BCUT2D eigenvalue weighted by Gasteiger charge is -2.45. The van der Waals surface area contributed by atoms with Crippen LogP contribution in [0.2, 0.25) is 0 Å². The molecule has 6 heteroatoms. The third-order valence-electron chi connectivity index (χ3n) is 5.85. The van der Waals surface area contributed by atoms with Crippen LogP contribution in [-0.2, 0) is 21.3 Å². The normalized spacial score (nSPS) is 30.0. The molecule has 1 aliphatic carbocycles. The highest BCUT2D eigenvalue weighted by atomic mass is 16.5. The van der Waals surface area contributed by atoms with Crippen molar-refractivity contribution in [1.82, 2.24) is 14.5 Å². The molecule has 1 spiro atoms.